The van der Waals surface area contributed by atoms with Gasteiger partial charge in [0.2, 0.25) is 6.29 Å². The van der Waals surface area contributed by atoms with Crippen molar-refractivity contribution in [1.82, 2.24) is 0 Å². The first kappa shape index (κ1) is 17.0. The molecule has 1 fully saturated rings. The second-order valence-electron chi connectivity index (χ2n) is 7.08. The molecule has 1 unspecified atom stereocenters. The molecule has 1 N–H and O–H groups in total. The Morgan fingerprint density at radius 1 is 1.10 bits per heavy atom. The van der Waals surface area contributed by atoms with Gasteiger partial charge in [0, 0.05) is 5.41 Å². The number of rotatable bonds is 5. The number of hydrogen-bond donors (Lipinski definition) is 1. The van der Waals surface area contributed by atoms with Gasteiger partial charge >= 0.3 is 11.9 Å². The van der Waals surface area contributed by atoms with Crippen molar-refractivity contribution in [1.29, 1.82) is 0 Å². The molecule has 0 saturated heterocycles. The molecular weight excluding hydrogens is 260 g/mol. The standard InChI is InChI=1S/C15H26O5/c1-14(2,3)13(19-10-8-6-7-9-10)20-12(18)15(4,5)11(16)17/h10,13H,6-9H2,1-5H3,(H,16,17). The van der Waals surface area contributed by atoms with Gasteiger partial charge in [0.15, 0.2) is 5.41 Å². The Bertz CT molecular complexity index is 361. The Labute approximate surface area is 120 Å². The normalized spacial score (nSPS) is 18.9. The fourth-order valence-electron chi connectivity index (χ4n) is 1.94. The molecule has 1 aliphatic rings. The summed E-state index contributed by atoms with van der Waals surface area (Å²) in [6.45, 7) is 8.41. The summed E-state index contributed by atoms with van der Waals surface area (Å²) in [5.41, 5.74) is -1.96. The van der Waals surface area contributed by atoms with Crippen LogP contribution < -0.4 is 0 Å². The average Bonchev–Trinajstić information content (AvgIpc) is 2.79. The first-order chi connectivity index (χ1) is 9.05. The Balaban J connectivity index is 2.74. The van der Waals surface area contributed by atoms with Gasteiger partial charge in [0.1, 0.15) is 0 Å². The lowest BCUT2D eigenvalue weighted by Crippen LogP contribution is -2.43. The second kappa shape index (κ2) is 6.12. The number of ether oxygens (including phenoxy) is 2. The number of carboxylic acids is 1. The molecule has 116 valence electrons. The summed E-state index contributed by atoms with van der Waals surface area (Å²) in [5, 5.41) is 9.07. The van der Waals surface area contributed by atoms with E-state index in [0.29, 0.717) is 0 Å². The molecule has 0 amide bonds. The smallest absolute Gasteiger partial charge is 0.325 e. The fourth-order valence-corrected chi connectivity index (χ4v) is 1.94. The zero-order chi connectivity index (χ0) is 15.6. The quantitative estimate of drug-likeness (QED) is 0.478. The van der Waals surface area contributed by atoms with Gasteiger partial charge in [-0.1, -0.05) is 33.6 Å². The Morgan fingerprint density at radius 3 is 2.00 bits per heavy atom. The third-order valence-electron chi connectivity index (χ3n) is 3.58. The van der Waals surface area contributed by atoms with Crippen molar-refractivity contribution in [3.63, 3.8) is 0 Å². The molecule has 20 heavy (non-hydrogen) atoms. The third-order valence-corrected chi connectivity index (χ3v) is 3.58. The summed E-state index contributed by atoms with van der Waals surface area (Å²) < 4.78 is 11.2. The van der Waals surface area contributed by atoms with E-state index in [-0.39, 0.29) is 6.10 Å². The number of esters is 1. The average molecular weight is 286 g/mol. The minimum atomic E-state index is -1.57. The highest BCUT2D eigenvalue weighted by Gasteiger charge is 2.42. The maximum atomic E-state index is 12.1. The lowest BCUT2D eigenvalue weighted by atomic mass is 9.92. The van der Waals surface area contributed by atoms with E-state index in [0.717, 1.165) is 25.7 Å². The lowest BCUT2D eigenvalue weighted by molar-refractivity contribution is -0.225. The molecule has 1 rings (SSSR count). The summed E-state index contributed by atoms with van der Waals surface area (Å²) >= 11 is 0. The van der Waals surface area contributed by atoms with Crippen molar-refractivity contribution in [3.05, 3.63) is 0 Å². The number of carboxylic acid groups (broad SMARTS) is 1. The molecule has 0 heterocycles. The number of carbonyl (C=O) groups is 2. The third kappa shape index (κ3) is 4.20. The van der Waals surface area contributed by atoms with Gasteiger partial charge in [0.05, 0.1) is 6.10 Å². The van der Waals surface area contributed by atoms with Gasteiger partial charge in [-0.15, -0.1) is 0 Å². The molecule has 0 bridgehead atoms. The van der Waals surface area contributed by atoms with Crippen LogP contribution in [0.15, 0.2) is 0 Å². The molecule has 1 aliphatic carbocycles. The topological polar surface area (TPSA) is 72.8 Å². The van der Waals surface area contributed by atoms with E-state index in [4.69, 9.17) is 14.6 Å². The summed E-state index contributed by atoms with van der Waals surface area (Å²) in [5.74, 6) is -1.96. The Hall–Kier alpha value is -1.10. The minimum Gasteiger partial charge on any atom is -0.480 e. The predicted molar refractivity (Wildman–Crippen MR) is 74.1 cm³/mol. The van der Waals surface area contributed by atoms with Crippen molar-refractivity contribution in [2.24, 2.45) is 10.8 Å². The van der Waals surface area contributed by atoms with Crippen molar-refractivity contribution in [2.75, 3.05) is 0 Å². The summed E-state index contributed by atoms with van der Waals surface area (Å²) in [6.07, 6.45) is 3.54. The van der Waals surface area contributed by atoms with Crippen molar-refractivity contribution in [2.45, 2.75) is 72.7 Å². The van der Waals surface area contributed by atoms with Crippen molar-refractivity contribution >= 4 is 11.9 Å². The minimum absolute atomic E-state index is 0.0972. The van der Waals surface area contributed by atoms with Crippen LogP contribution >= 0.6 is 0 Å². The SMILES string of the molecule is CC(C)(C(=O)O)C(=O)OC(OC1CCCC1)C(C)(C)C. The van der Waals surface area contributed by atoms with Crippen molar-refractivity contribution in [3.8, 4) is 0 Å². The van der Waals surface area contributed by atoms with Crippen LogP contribution in [0.1, 0.15) is 60.3 Å². The number of carbonyl (C=O) groups excluding carboxylic acids is 1. The maximum absolute atomic E-state index is 12.1. The first-order valence-corrected chi connectivity index (χ1v) is 7.15. The molecule has 5 nitrogen and oxygen atoms in total. The fraction of sp³-hybridized carbons (Fsp3) is 0.867. The van der Waals surface area contributed by atoms with Gasteiger partial charge in [-0.2, -0.15) is 0 Å². The number of hydrogen-bond acceptors (Lipinski definition) is 4. The Kier molecular flexibility index (Phi) is 5.19. The van der Waals surface area contributed by atoms with Crippen LogP contribution in [0, 0.1) is 10.8 Å². The van der Waals surface area contributed by atoms with Gasteiger partial charge < -0.3 is 14.6 Å². The largest absolute Gasteiger partial charge is 0.480 e. The van der Waals surface area contributed by atoms with Gasteiger partial charge in [-0.3, -0.25) is 9.59 Å². The molecule has 0 aromatic heterocycles. The molecule has 5 heteroatoms. The summed E-state index contributed by atoms with van der Waals surface area (Å²) in [6, 6.07) is 0. The van der Waals surface area contributed by atoms with Crippen LogP contribution in [0.3, 0.4) is 0 Å². The monoisotopic (exact) mass is 286 g/mol. The van der Waals surface area contributed by atoms with E-state index in [2.05, 4.69) is 0 Å². The molecule has 0 aromatic rings. The van der Waals surface area contributed by atoms with E-state index in [9.17, 15) is 9.59 Å². The van der Waals surface area contributed by atoms with E-state index >= 15 is 0 Å². The van der Waals surface area contributed by atoms with E-state index in [1.807, 2.05) is 20.8 Å². The summed E-state index contributed by atoms with van der Waals surface area (Å²) in [4.78, 5) is 23.2. The van der Waals surface area contributed by atoms with Crippen LogP contribution in [0.5, 0.6) is 0 Å². The molecule has 1 atom stereocenters. The van der Waals surface area contributed by atoms with E-state index in [1.54, 1.807) is 0 Å². The molecule has 0 aromatic carbocycles. The molecule has 1 saturated carbocycles. The highest BCUT2D eigenvalue weighted by atomic mass is 16.7. The second-order valence-corrected chi connectivity index (χ2v) is 7.08. The molecule has 0 spiro atoms. The zero-order valence-electron chi connectivity index (χ0n) is 13.1. The van der Waals surface area contributed by atoms with Crippen LogP contribution in [0.25, 0.3) is 0 Å². The molecule has 0 radical (unpaired) electrons. The van der Waals surface area contributed by atoms with E-state index in [1.165, 1.54) is 13.8 Å². The van der Waals surface area contributed by atoms with Crippen LogP contribution in [0.2, 0.25) is 0 Å². The lowest BCUT2D eigenvalue weighted by Gasteiger charge is -2.33. The predicted octanol–water partition coefficient (Wildman–Crippen LogP) is 2.97. The summed E-state index contributed by atoms with van der Waals surface area (Å²) in [7, 11) is 0. The zero-order valence-corrected chi connectivity index (χ0v) is 13.1. The van der Waals surface area contributed by atoms with Gasteiger partial charge in [-0.05, 0) is 26.7 Å². The molecule has 0 aliphatic heterocycles. The molecular formula is C15H26O5. The van der Waals surface area contributed by atoms with E-state index < -0.39 is 29.1 Å². The van der Waals surface area contributed by atoms with Crippen LogP contribution in [-0.2, 0) is 19.1 Å². The number of aliphatic carboxylic acids is 1. The van der Waals surface area contributed by atoms with Crippen LogP contribution in [0.4, 0.5) is 0 Å². The van der Waals surface area contributed by atoms with Gasteiger partial charge in [-0.25, -0.2) is 0 Å². The Morgan fingerprint density at radius 2 is 1.60 bits per heavy atom. The van der Waals surface area contributed by atoms with Crippen LogP contribution in [-0.4, -0.2) is 29.4 Å². The van der Waals surface area contributed by atoms with Crippen molar-refractivity contribution < 1.29 is 24.2 Å². The highest BCUT2D eigenvalue weighted by Crippen LogP contribution is 2.31. The van der Waals surface area contributed by atoms with Gasteiger partial charge in [0.25, 0.3) is 0 Å². The highest BCUT2D eigenvalue weighted by molar-refractivity contribution is 5.98. The first-order valence-electron chi connectivity index (χ1n) is 7.15. The maximum Gasteiger partial charge on any atom is 0.325 e.